The number of rotatable bonds is 3. The highest BCUT2D eigenvalue weighted by molar-refractivity contribution is 6.33. The van der Waals surface area contributed by atoms with Gasteiger partial charge in [-0.2, -0.15) is 0 Å². The molecular formula is C13H14ClN3O4. The Balaban J connectivity index is 2.14. The molecule has 0 aromatic heterocycles. The van der Waals surface area contributed by atoms with E-state index in [1.54, 1.807) is 0 Å². The zero-order valence-electron chi connectivity index (χ0n) is 11.0. The largest absolute Gasteiger partial charge is 0.478 e. The average molecular weight is 312 g/mol. The Morgan fingerprint density at radius 1 is 1.38 bits per heavy atom. The topological polar surface area (TPSA) is 113 Å². The van der Waals surface area contributed by atoms with Crippen molar-refractivity contribution in [1.29, 1.82) is 0 Å². The minimum absolute atomic E-state index is 0.0803. The number of halogens is 1. The van der Waals surface area contributed by atoms with E-state index in [9.17, 15) is 14.4 Å². The number of nitrogens with two attached hydrogens (primary N) is 1. The second kappa shape index (κ2) is 6.01. The first-order valence-electron chi connectivity index (χ1n) is 6.30. The quantitative estimate of drug-likeness (QED) is 0.785. The molecule has 0 spiro atoms. The fourth-order valence-electron chi connectivity index (χ4n) is 2.27. The second-order valence-electron chi connectivity index (χ2n) is 4.68. The van der Waals surface area contributed by atoms with E-state index in [-0.39, 0.29) is 16.3 Å². The number of benzene rings is 1. The van der Waals surface area contributed by atoms with Gasteiger partial charge in [0.05, 0.1) is 10.6 Å². The van der Waals surface area contributed by atoms with Crippen molar-refractivity contribution in [3.63, 3.8) is 0 Å². The van der Waals surface area contributed by atoms with Gasteiger partial charge in [-0.3, -0.25) is 4.79 Å². The third-order valence-corrected chi connectivity index (χ3v) is 3.62. The van der Waals surface area contributed by atoms with E-state index in [0.29, 0.717) is 19.4 Å². The number of hydrogen-bond donors (Lipinski definition) is 3. The van der Waals surface area contributed by atoms with Gasteiger partial charge < -0.3 is 21.1 Å². The van der Waals surface area contributed by atoms with Crippen LogP contribution >= 0.6 is 11.6 Å². The van der Waals surface area contributed by atoms with Crippen LogP contribution in [0.4, 0.5) is 10.5 Å². The van der Waals surface area contributed by atoms with Crippen molar-refractivity contribution in [2.75, 3.05) is 11.9 Å². The van der Waals surface area contributed by atoms with Crippen molar-refractivity contribution < 1.29 is 19.5 Å². The Morgan fingerprint density at radius 3 is 2.71 bits per heavy atom. The standard InChI is InChI=1S/C13H14ClN3O4/c14-9-4-3-7(6-8(9)12(19)20)16-13(21)17-5-1-2-10(17)11(15)18/h3-4,6,10H,1-2,5H2,(H2,15,18)(H,16,21)(H,19,20). The number of carbonyl (C=O) groups excluding carboxylic acids is 2. The van der Waals surface area contributed by atoms with Crippen LogP contribution in [0, 0.1) is 0 Å². The Labute approximate surface area is 125 Å². The molecule has 2 rings (SSSR count). The molecule has 7 nitrogen and oxygen atoms in total. The molecule has 1 heterocycles. The van der Waals surface area contributed by atoms with Crippen LogP contribution in [-0.2, 0) is 4.79 Å². The molecule has 8 heteroatoms. The Bertz CT molecular complexity index is 605. The summed E-state index contributed by atoms with van der Waals surface area (Å²) in [5.74, 6) is -1.74. The van der Waals surface area contributed by atoms with Gasteiger partial charge in [-0.05, 0) is 31.0 Å². The van der Waals surface area contributed by atoms with Gasteiger partial charge in [-0.25, -0.2) is 9.59 Å². The van der Waals surface area contributed by atoms with Crippen LogP contribution in [0.2, 0.25) is 5.02 Å². The number of aromatic carboxylic acids is 1. The smallest absolute Gasteiger partial charge is 0.337 e. The minimum Gasteiger partial charge on any atom is -0.478 e. The van der Waals surface area contributed by atoms with E-state index in [0.717, 1.165) is 0 Å². The molecule has 1 aromatic rings. The fourth-order valence-corrected chi connectivity index (χ4v) is 2.47. The average Bonchev–Trinajstić information content (AvgIpc) is 2.90. The van der Waals surface area contributed by atoms with Gasteiger partial charge in [-0.1, -0.05) is 11.6 Å². The monoisotopic (exact) mass is 311 g/mol. The summed E-state index contributed by atoms with van der Waals surface area (Å²) in [6.45, 7) is 0.429. The number of urea groups is 1. The number of nitrogens with zero attached hydrogens (tertiary/aromatic N) is 1. The SMILES string of the molecule is NC(=O)C1CCCN1C(=O)Nc1ccc(Cl)c(C(=O)O)c1. The number of primary amides is 1. The molecule has 21 heavy (non-hydrogen) atoms. The number of hydrogen-bond acceptors (Lipinski definition) is 3. The van der Waals surface area contributed by atoms with Crippen molar-refractivity contribution in [1.82, 2.24) is 4.90 Å². The summed E-state index contributed by atoms with van der Waals surface area (Å²) in [5.41, 5.74) is 5.43. The zero-order chi connectivity index (χ0) is 15.6. The summed E-state index contributed by atoms with van der Waals surface area (Å²) in [7, 11) is 0. The molecule has 1 saturated heterocycles. The predicted molar refractivity (Wildman–Crippen MR) is 76.4 cm³/mol. The van der Waals surface area contributed by atoms with Crippen molar-refractivity contribution in [2.45, 2.75) is 18.9 Å². The molecule has 1 aromatic carbocycles. The van der Waals surface area contributed by atoms with Gasteiger partial charge in [0.15, 0.2) is 0 Å². The number of carboxylic acid groups (broad SMARTS) is 1. The first kappa shape index (κ1) is 15.1. The molecule has 1 atom stereocenters. The number of carbonyl (C=O) groups is 3. The van der Waals surface area contributed by atoms with E-state index in [1.165, 1.54) is 23.1 Å². The maximum atomic E-state index is 12.1. The first-order valence-corrected chi connectivity index (χ1v) is 6.67. The lowest BCUT2D eigenvalue weighted by Crippen LogP contribution is -2.45. The summed E-state index contributed by atoms with van der Waals surface area (Å²) in [6, 6.07) is 3.02. The van der Waals surface area contributed by atoms with Gasteiger partial charge in [0.25, 0.3) is 0 Å². The Morgan fingerprint density at radius 2 is 2.10 bits per heavy atom. The molecule has 4 N–H and O–H groups in total. The maximum Gasteiger partial charge on any atom is 0.337 e. The van der Waals surface area contributed by atoms with E-state index < -0.39 is 23.9 Å². The number of anilines is 1. The maximum absolute atomic E-state index is 12.1. The summed E-state index contributed by atoms with van der Waals surface area (Å²) in [6.07, 6.45) is 1.23. The number of nitrogens with one attached hydrogen (secondary N) is 1. The van der Waals surface area contributed by atoms with Crippen molar-refractivity contribution in [2.24, 2.45) is 5.73 Å². The van der Waals surface area contributed by atoms with Gasteiger partial charge in [0.2, 0.25) is 5.91 Å². The van der Waals surface area contributed by atoms with Gasteiger partial charge >= 0.3 is 12.0 Å². The van der Waals surface area contributed by atoms with Crippen LogP contribution in [0.15, 0.2) is 18.2 Å². The van der Waals surface area contributed by atoms with E-state index in [4.69, 9.17) is 22.4 Å². The lowest BCUT2D eigenvalue weighted by molar-refractivity contribution is -0.121. The van der Waals surface area contributed by atoms with E-state index in [2.05, 4.69) is 5.32 Å². The molecule has 3 amide bonds. The molecule has 1 unspecified atom stereocenters. The number of carboxylic acids is 1. The Hall–Kier alpha value is -2.28. The molecule has 0 aliphatic carbocycles. The van der Waals surface area contributed by atoms with Crippen LogP contribution in [0.5, 0.6) is 0 Å². The van der Waals surface area contributed by atoms with E-state index >= 15 is 0 Å². The third-order valence-electron chi connectivity index (χ3n) is 3.29. The molecule has 112 valence electrons. The van der Waals surface area contributed by atoms with Gasteiger partial charge in [0.1, 0.15) is 6.04 Å². The lowest BCUT2D eigenvalue weighted by Gasteiger charge is -2.22. The highest BCUT2D eigenvalue weighted by Gasteiger charge is 2.32. The van der Waals surface area contributed by atoms with Gasteiger partial charge in [-0.15, -0.1) is 0 Å². The predicted octanol–water partition coefficient (Wildman–Crippen LogP) is 1.52. The highest BCUT2D eigenvalue weighted by atomic mass is 35.5. The molecule has 0 saturated carbocycles. The summed E-state index contributed by atoms with van der Waals surface area (Å²) < 4.78 is 0. The van der Waals surface area contributed by atoms with Crippen molar-refractivity contribution in [3.05, 3.63) is 28.8 Å². The van der Waals surface area contributed by atoms with Crippen molar-refractivity contribution >= 4 is 35.2 Å². The second-order valence-corrected chi connectivity index (χ2v) is 5.09. The van der Waals surface area contributed by atoms with Crippen LogP contribution in [0.3, 0.4) is 0 Å². The first-order chi connectivity index (χ1) is 9.90. The number of likely N-dealkylation sites (tertiary alicyclic amines) is 1. The van der Waals surface area contributed by atoms with Crippen LogP contribution < -0.4 is 11.1 Å². The molecule has 0 radical (unpaired) electrons. The van der Waals surface area contributed by atoms with Crippen molar-refractivity contribution in [3.8, 4) is 0 Å². The number of amides is 3. The molecule has 1 fully saturated rings. The Kier molecular flexibility index (Phi) is 4.32. The normalized spacial score (nSPS) is 17.6. The van der Waals surface area contributed by atoms with Gasteiger partial charge in [0, 0.05) is 12.2 Å². The summed E-state index contributed by atoms with van der Waals surface area (Å²) in [4.78, 5) is 35.7. The zero-order valence-corrected chi connectivity index (χ0v) is 11.8. The molecule has 1 aliphatic heterocycles. The van der Waals surface area contributed by atoms with E-state index in [1.807, 2.05) is 0 Å². The van der Waals surface area contributed by atoms with Crippen LogP contribution in [0.1, 0.15) is 23.2 Å². The summed E-state index contributed by atoms with van der Waals surface area (Å²) >= 11 is 5.75. The molecule has 0 bridgehead atoms. The third kappa shape index (κ3) is 3.25. The van der Waals surface area contributed by atoms with Crippen LogP contribution in [0.25, 0.3) is 0 Å². The molecular weight excluding hydrogens is 298 g/mol. The minimum atomic E-state index is -1.19. The summed E-state index contributed by atoms with van der Waals surface area (Å²) in [5, 5.41) is 11.6. The lowest BCUT2D eigenvalue weighted by atomic mass is 10.2. The molecule has 1 aliphatic rings. The highest BCUT2D eigenvalue weighted by Crippen LogP contribution is 2.22. The fraction of sp³-hybridized carbons (Fsp3) is 0.308. The van der Waals surface area contributed by atoms with Crippen LogP contribution in [-0.4, -0.2) is 40.5 Å².